The minimum Gasteiger partial charge on any atom is -0.292 e. The number of thiazole rings is 1. The van der Waals surface area contributed by atoms with Crippen molar-refractivity contribution in [3.63, 3.8) is 0 Å². The molecule has 0 amide bonds. The van der Waals surface area contributed by atoms with Crippen molar-refractivity contribution in [2.75, 3.05) is 0 Å². The Labute approximate surface area is 181 Å². The number of hydrogen-bond donors (Lipinski definition) is 1. The van der Waals surface area contributed by atoms with Crippen molar-refractivity contribution in [1.29, 1.82) is 0 Å². The third-order valence-electron chi connectivity index (χ3n) is 4.38. The SMILES string of the molecule is Cc1ncc(CCC(=O)c2ccc(CNS(=O)(=O)c3cccc4nsnc34)cn2)s1. The van der Waals surface area contributed by atoms with Gasteiger partial charge >= 0.3 is 0 Å². The molecule has 1 aromatic carbocycles. The summed E-state index contributed by atoms with van der Waals surface area (Å²) >= 11 is 2.55. The van der Waals surface area contributed by atoms with Gasteiger partial charge in [0.2, 0.25) is 10.0 Å². The topological polar surface area (TPSA) is 115 Å². The van der Waals surface area contributed by atoms with Gasteiger partial charge in [0.25, 0.3) is 0 Å². The van der Waals surface area contributed by atoms with Crippen LogP contribution in [0.15, 0.2) is 47.6 Å². The first-order chi connectivity index (χ1) is 14.4. The summed E-state index contributed by atoms with van der Waals surface area (Å²) in [5.41, 5.74) is 1.91. The van der Waals surface area contributed by atoms with Crippen molar-refractivity contribution in [2.45, 2.75) is 31.2 Å². The summed E-state index contributed by atoms with van der Waals surface area (Å²) in [4.78, 5) is 21.9. The highest BCUT2D eigenvalue weighted by molar-refractivity contribution is 7.89. The molecule has 0 fully saturated rings. The highest BCUT2D eigenvalue weighted by Crippen LogP contribution is 2.21. The van der Waals surface area contributed by atoms with E-state index in [-0.39, 0.29) is 17.2 Å². The normalized spacial score (nSPS) is 11.8. The van der Waals surface area contributed by atoms with E-state index >= 15 is 0 Å². The number of benzene rings is 1. The molecule has 0 spiro atoms. The minimum atomic E-state index is -3.76. The van der Waals surface area contributed by atoms with Gasteiger partial charge in [0.1, 0.15) is 21.6 Å². The summed E-state index contributed by atoms with van der Waals surface area (Å²) < 4.78 is 36.0. The predicted octanol–water partition coefficient (Wildman–Crippen LogP) is 3.15. The number of nitrogens with one attached hydrogen (secondary N) is 1. The van der Waals surface area contributed by atoms with E-state index in [4.69, 9.17) is 0 Å². The first-order valence-corrected chi connectivity index (χ1v) is 12.1. The molecule has 0 unspecified atom stereocenters. The number of aromatic nitrogens is 4. The number of aryl methyl sites for hydroxylation is 2. The highest BCUT2D eigenvalue weighted by Gasteiger charge is 2.19. The maximum atomic E-state index is 12.7. The largest absolute Gasteiger partial charge is 0.292 e. The van der Waals surface area contributed by atoms with Gasteiger partial charge in [-0.1, -0.05) is 12.1 Å². The Morgan fingerprint density at radius 2 is 1.97 bits per heavy atom. The van der Waals surface area contributed by atoms with E-state index in [9.17, 15) is 13.2 Å². The second kappa shape index (κ2) is 8.64. The lowest BCUT2D eigenvalue weighted by Gasteiger charge is -2.07. The molecule has 1 N–H and O–H groups in total. The quantitative estimate of drug-likeness (QED) is 0.403. The van der Waals surface area contributed by atoms with E-state index in [0.717, 1.165) is 21.6 Å². The summed E-state index contributed by atoms with van der Waals surface area (Å²) in [6.07, 6.45) is 4.28. The Balaban J connectivity index is 1.38. The Kier molecular flexibility index (Phi) is 5.95. The van der Waals surface area contributed by atoms with Crippen LogP contribution in [0.5, 0.6) is 0 Å². The Bertz CT molecular complexity index is 1300. The zero-order chi connectivity index (χ0) is 21.1. The Morgan fingerprint density at radius 3 is 2.70 bits per heavy atom. The molecule has 0 bridgehead atoms. The van der Waals surface area contributed by atoms with Gasteiger partial charge in [0.05, 0.1) is 16.7 Å². The molecule has 4 aromatic rings. The molecule has 11 heteroatoms. The third kappa shape index (κ3) is 4.59. The van der Waals surface area contributed by atoms with Crippen LogP contribution in [-0.2, 0) is 23.0 Å². The van der Waals surface area contributed by atoms with Crippen molar-refractivity contribution >= 4 is 49.9 Å². The van der Waals surface area contributed by atoms with E-state index in [2.05, 4.69) is 23.4 Å². The van der Waals surface area contributed by atoms with Crippen molar-refractivity contribution in [3.05, 3.63) is 63.9 Å². The second-order valence-corrected chi connectivity index (χ2v) is 10.1. The second-order valence-electron chi connectivity index (χ2n) is 6.53. The number of rotatable bonds is 8. The zero-order valence-corrected chi connectivity index (χ0v) is 18.4. The first kappa shape index (κ1) is 20.7. The predicted molar refractivity (Wildman–Crippen MR) is 115 cm³/mol. The first-order valence-electron chi connectivity index (χ1n) is 9.03. The number of pyridine rings is 1. The number of ketones is 1. The minimum absolute atomic E-state index is 0.0535. The highest BCUT2D eigenvalue weighted by atomic mass is 32.2. The maximum Gasteiger partial charge on any atom is 0.243 e. The molecule has 30 heavy (non-hydrogen) atoms. The van der Waals surface area contributed by atoms with Gasteiger partial charge in [-0.3, -0.25) is 9.78 Å². The number of hydrogen-bond acceptors (Lipinski definition) is 9. The van der Waals surface area contributed by atoms with Crippen LogP contribution in [0, 0.1) is 6.92 Å². The van der Waals surface area contributed by atoms with Gasteiger partial charge in [0, 0.05) is 30.2 Å². The molecule has 8 nitrogen and oxygen atoms in total. The summed E-state index contributed by atoms with van der Waals surface area (Å²) in [5.74, 6) is -0.0594. The lowest BCUT2D eigenvalue weighted by molar-refractivity contribution is 0.0978. The number of Topliss-reactive ketones (excluding diaryl/α,β-unsaturated/α-hetero) is 1. The number of fused-ring (bicyclic) bond motifs is 1. The molecule has 0 aliphatic rings. The van der Waals surface area contributed by atoms with Crippen LogP contribution in [0.25, 0.3) is 11.0 Å². The fourth-order valence-electron chi connectivity index (χ4n) is 2.83. The summed E-state index contributed by atoms with van der Waals surface area (Å²) in [6, 6.07) is 8.16. The number of sulfonamides is 1. The average Bonchev–Trinajstić information content (AvgIpc) is 3.39. The lowest BCUT2D eigenvalue weighted by Crippen LogP contribution is -2.23. The van der Waals surface area contributed by atoms with E-state index in [1.165, 1.54) is 12.3 Å². The molecule has 0 saturated carbocycles. The fourth-order valence-corrected chi connectivity index (χ4v) is 5.41. The molecule has 3 heterocycles. The van der Waals surface area contributed by atoms with Gasteiger partial charge in [-0.2, -0.15) is 8.75 Å². The zero-order valence-electron chi connectivity index (χ0n) is 15.9. The molecule has 154 valence electrons. The van der Waals surface area contributed by atoms with E-state index in [1.54, 1.807) is 41.8 Å². The van der Waals surface area contributed by atoms with Crippen molar-refractivity contribution < 1.29 is 13.2 Å². The van der Waals surface area contributed by atoms with E-state index in [0.29, 0.717) is 35.1 Å². The molecular formula is C19H17N5O3S3. The van der Waals surface area contributed by atoms with Crippen LogP contribution in [0.3, 0.4) is 0 Å². The molecule has 0 radical (unpaired) electrons. The van der Waals surface area contributed by atoms with Gasteiger partial charge in [0.15, 0.2) is 5.78 Å². The van der Waals surface area contributed by atoms with Crippen LogP contribution in [0.2, 0.25) is 0 Å². The van der Waals surface area contributed by atoms with Crippen molar-refractivity contribution in [2.24, 2.45) is 0 Å². The van der Waals surface area contributed by atoms with Crippen LogP contribution in [0.1, 0.15) is 32.4 Å². The lowest BCUT2D eigenvalue weighted by atomic mass is 10.1. The number of nitrogens with zero attached hydrogens (tertiary/aromatic N) is 4. The molecule has 0 saturated heterocycles. The molecule has 3 aromatic heterocycles. The van der Waals surface area contributed by atoms with Gasteiger partial charge in [-0.15, -0.1) is 11.3 Å². The smallest absolute Gasteiger partial charge is 0.243 e. The Hall–Kier alpha value is -2.60. The monoisotopic (exact) mass is 459 g/mol. The molecule has 0 atom stereocenters. The number of carbonyl (C=O) groups excluding carboxylic acids is 1. The van der Waals surface area contributed by atoms with Gasteiger partial charge < -0.3 is 0 Å². The van der Waals surface area contributed by atoms with E-state index < -0.39 is 10.0 Å². The Morgan fingerprint density at radius 1 is 1.10 bits per heavy atom. The van der Waals surface area contributed by atoms with Crippen molar-refractivity contribution in [3.8, 4) is 0 Å². The molecular weight excluding hydrogens is 442 g/mol. The summed E-state index contributed by atoms with van der Waals surface area (Å²) in [6.45, 7) is 1.98. The molecule has 4 rings (SSSR count). The van der Waals surface area contributed by atoms with Crippen LogP contribution in [0.4, 0.5) is 0 Å². The summed E-state index contributed by atoms with van der Waals surface area (Å²) in [5, 5.41) is 0.977. The molecule has 0 aliphatic heterocycles. The average molecular weight is 460 g/mol. The maximum absolute atomic E-state index is 12.7. The summed E-state index contributed by atoms with van der Waals surface area (Å²) in [7, 11) is -3.76. The van der Waals surface area contributed by atoms with Gasteiger partial charge in [-0.05, 0) is 37.1 Å². The fraction of sp³-hybridized carbons (Fsp3) is 0.211. The standard InChI is InChI=1S/C19H17N5O3S3/c1-12-20-11-14(28-12)6-8-17(25)15-7-5-13(9-21-15)10-22-30(26,27)18-4-2-3-16-19(18)24-29-23-16/h2-5,7,9,11,22H,6,8,10H2,1H3. The van der Waals surface area contributed by atoms with Crippen LogP contribution < -0.4 is 4.72 Å². The van der Waals surface area contributed by atoms with Crippen LogP contribution >= 0.6 is 23.1 Å². The van der Waals surface area contributed by atoms with Gasteiger partial charge in [-0.25, -0.2) is 18.1 Å². The molecule has 0 aliphatic carbocycles. The van der Waals surface area contributed by atoms with E-state index in [1.807, 2.05) is 6.92 Å². The third-order valence-corrected chi connectivity index (χ3v) is 7.33. The van der Waals surface area contributed by atoms with Crippen molar-refractivity contribution in [1.82, 2.24) is 23.4 Å². The van der Waals surface area contributed by atoms with Crippen LogP contribution in [-0.4, -0.2) is 32.9 Å². The number of carbonyl (C=O) groups is 1.